The molecular weight excluding hydrogens is 356 g/mol. The van der Waals surface area contributed by atoms with Crippen LogP contribution >= 0.6 is 31.9 Å². The van der Waals surface area contributed by atoms with Crippen LogP contribution in [0.1, 0.15) is 19.8 Å². The van der Waals surface area contributed by atoms with Crippen molar-refractivity contribution in [2.75, 3.05) is 12.3 Å². The number of ether oxygens (including phenoxy) is 1. The molecule has 0 bridgehead atoms. The quantitative estimate of drug-likeness (QED) is 0.370. The van der Waals surface area contributed by atoms with Crippen molar-refractivity contribution >= 4 is 43.2 Å². The maximum absolute atomic E-state index is 10.9. The lowest BCUT2D eigenvalue weighted by molar-refractivity contribution is -0.386. The highest BCUT2D eigenvalue weighted by Crippen LogP contribution is 2.43. The minimum absolute atomic E-state index is 0.103. The largest absolute Gasteiger partial charge is 0.486 e. The molecule has 17 heavy (non-hydrogen) atoms. The molecule has 5 nitrogen and oxygen atoms in total. The Hall–Kier alpha value is -0.820. The number of halogens is 2. The fraction of sp³-hybridized carbons (Fsp3) is 0.400. The van der Waals surface area contributed by atoms with Gasteiger partial charge in [-0.25, -0.2) is 0 Å². The van der Waals surface area contributed by atoms with Gasteiger partial charge in [0.15, 0.2) is 0 Å². The normalized spacial score (nSPS) is 10.3. The molecule has 0 unspecified atom stereocenters. The van der Waals surface area contributed by atoms with Crippen LogP contribution in [-0.4, -0.2) is 11.5 Å². The third-order valence-corrected chi connectivity index (χ3v) is 3.57. The van der Waals surface area contributed by atoms with Crippen LogP contribution in [0.3, 0.4) is 0 Å². The van der Waals surface area contributed by atoms with E-state index >= 15 is 0 Å². The molecule has 1 aromatic rings. The van der Waals surface area contributed by atoms with Crippen molar-refractivity contribution in [1.82, 2.24) is 0 Å². The van der Waals surface area contributed by atoms with E-state index in [-0.39, 0.29) is 11.4 Å². The van der Waals surface area contributed by atoms with Crippen LogP contribution in [0, 0.1) is 10.1 Å². The first-order chi connectivity index (χ1) is 7.99. The molecule has 7 heteroatoms. The molecule has 0 saturated carbocycles. The van der Waals surface area contributed by atoms with Crippen LogP contribution in [0.4, 0.5) is 11.4 Å². The molecule has 94 valence electrons. The van der Waals surface area contributed by atoms with E-state index in [4.69, 9.17) is 10.5 Å². The van der Waals surface area contributed by atoms with E-state index < -0.39 is 4.92 Å². The number of benzene rings is 1. The summed E-state index contributed by atoms with van der Waals surface area (Å²) in [4.78, 5) is 10.4. The summed E-state index contributed by atoms with van der Waals surface area (Å²) in [7, 11) is 0. The molecule has 0 atom stereocenters. The number of unbranched alkanes of at least 4 members (excludes halogenated alkanes) is 1. The monoisotopic (exact) mass is 366 g/mol. The van der Waals surface area contributed by atoms with Crippen molar-refractivity contribution in [1.29, 1.82) is 0 Å². The smallest absolute Gasteiger partial charge is 0.313 e. The second-order valence-corrected chi connectivity index (χ2v) is 5.04. The standard InChI is InChI=1S/C10H12Br2N2O3/c1-2-3-4-17-10-7(14(15)16)5-6(11)9(13)8(10)12/h5H,2-4,13H2,1H3. The van der Waals surface area contributed by atoms with Gasteiger partial charge in [0.25, 0.3) is 0 Å². The average molecular weight is 368 g/mol. The fourth-order valence-electron chi connectivity index (χ4n) is 1.19. The molecule has 0 amide bonds. The Balaban J connectivity index is 3.15. The Bertz CT molecular complexity index is 438. The van der Waals surface area contributed by atoms with Gasteiger partial charge in [0.05, 0.1) is 21.7 Å². The summed E-state index contributed by atoms with van der Waals surface area (Å²) in [6, 6.07) is 1.35. The third kappa shape index (κ3) is 3.32. The molecule has 2 N–H and O–H groups in total. The first-order valence-electron chi connectivity index (χ1n) is 5.03. The summed E-state index contributed by atoms with van der Waals surface area (Å²) in [6.07, 6.45) is 1.79. The zero-order chi connectivity index (χ0) is 13.0. The third-order valence-electron chi connectivity index (χ3n) is 2.13. The molecule has 0 aliphatic heterocycles. The molecule has 0 fully saturated rings. The maximum atomic E-state index is 10.9. The molecule has 0 saturated heterocycles. The lowest BCUT2D eigenvalue weighted by Crippen LogP contribution is -2.03. The number of nitro benzene ring substituents is 1. The Morgan fingerprint density at radius 1 is 1.53 bits per heavy atom. The summed E-state index contributed by atoms with van der Waals surface area (Å²) in [5, 5.41) is 10.9. The van der Waals surface area contributed by atoms with Gasteiger partial charge in [-0.3, -0.25) is 10.1 Å². The van der Waals surface area contributed by atoms with E-state index in [1.54, 1.807) is 0 Å². The van der Waals surface area contributed by atoms with E-state index in [0.717, 1.165) is 12.8 Å². The minimum atomic E-state index is -0.490. The van der Waals surface area contributed by atoms with Crippen LogP contribution < -0.4 is 10.5 Å². The van der Waals surface area contributed by atoms with Gasteiger partial charge < -0.3 is 10.5 Å². The highest BCUT2D eigenvalue weighted by molar-refractivity contribution is 9.11. The van der Waals surface area contributed by atoms with Crippen molar-refractivity contribution < 1.29 is 9.66 Å². The van der Waals surface area contributed by atoms with E-state index in [1.165, 1.54) is 6.07 Å². The molecule has 0 spiro atoms. The molecule has 0 radical (unpaired) electrons. The Kier molecular flexibility index (Phi) is 5.20. The van der Waals surface area contributed by atoms with Crippen molar-refractivity contribution in [2.45, 2.75) is 19.8 Å². The summed E-state index contributed by atoms with van der Waals surface area (Å²) >= 11 is 6.38. The van der Waals surface area contributed by atoms with Gasteiger partial charge in [-0.1, -0.05) is 13.3 Å². The lowest BCUT2D eigenvalue weighted by Gasteiger charge is -2.11. The number of hydrogen-bond acceptors (Lipinski definition) is 4. The van der Waals surface area contributed by atoms with E-state index in [9.17, 15) is 10.1 Å². The van der Waals surface area contributed by atoms with Crippen LogP contribution in [-0.2, 0) is 0 Å². The van der Waals surface area contributed by atoms with Crippen LogP contribution in [0.2, 0.25) is 0 Å². The SMILES string of the molecule is CCCCOc1c([N+](=O)[O-])cc(Br)c(N)c1Br. The Labute approximate surface area is 116 Å². The minimum Gasteiger partial charge on any atom is -0.486 e. The van der Waals surface area contributed by atoms with E-state index in [1.807, 2.05) is 6.92 Å². The van der Waals surface area contributed by atoms with Crippen LogP contribution in [0.25, 0.3) is 0 Å². The second kappa shape index (κ2) is 6.20. The number of hydrogen-bond donors (Lipinski definition) is 1. The lowest BCUT2D eigenvalue weighted by atomic mass is 10.2. The van der Waals surface area contributed by atoms with Crippen LogP contribution in [0.15, 0.2) is 15.0 Å². The van der Waals surface area contributed by atoms with E-state index in [2.05, 4.69) is 31.9 Å². The van der Waals surface area contributed by atoms with Crippen molar-refractivity contribution in [3.05, 3.63) is 25.1 Å². The summed E-state index contributed by atoms with van der Waals surface area (Å²) in [6.45, 7) is 2.44. The Morgan fingerprint density at radius 3 is 2.71 bits per heavy atom. The van der Waals surface area contributed by atoms with Gasteiger partial charge in [-0.2, -0.15) is 0 Å². The maximum Gasteiger partial charge on any atom is 0.313 e. The summed E-state index contributed by atoms with van der Waals surface area (Å²) < 4.78 is 6.30. The van der Waals surface area contributed by atoms with Gasteiger partial charge in [0.2, 0.25) is 5.75 Å². The van der Waals surface area contributed by atoms with Crippen molar-refractivity contribution in [2.24, 2.45) is 0 Å². The zero-order valence-electron chi connectivity index (χ0n) is 9.20. The predicted octanol–water partition coefficient (Wildman–Crippen LogP) is 3.88. The topological polar surface area (TPSA) is 78.4 Å². The molecule has 1 rings (SSSR count). The number of nitrogens with zero attached hydrogens (tertiary/aromatic N) is 1. The van der Waals surface area contributed by atoms with Crippen molar-refractivity contribution in [3.8, 4) is 5.75 Å². The number of rotatable bonds is 5. The molecule has 0 aliphatic rings. The first kappa shape index (κ1) is 14.2. The highest BCUT2D eigenvalue weighted by Gasteiger charge is 2.22. The van der Waals surface area contributed by atoms with Crippen molar-refractivity contribution in [3.63, 3.8) is 0 Å². The van der Waals surface area contributed by atoms with E-state index in [0.29, 0.717) is 21.2 Å². The number of anilines is 1. The van der Waals surface area contributed by atoms with Gasteiger partial charge in [0.1, 0.15) is 0 Å². The first-order valence-corrected chi connectivity index (χ1v) is 6.62. The number of nitro groups is 1. The molecule has 0 heterocycles. The highest BCUT2D eigenvalue weighted by atomic mass is 79.9. The van der Waals surface area contributed by atoms with Gasteiger partial charge in [0, 0.05) is 10.5 Å². The van der Waals surface area contributed by atoms with Gasteiger partial charge in [-0.15, -0.1) is 0 Å². The molecular formula is C10H12Br2N2O3. The fourth-order valence-corrected chi connectivity index (χ4v) is 2.41. The summed E-state index contributed by atoms with van der Waals surface area (Å²) in [5.74, 6) is 0.184. The second-order valence-electron chi connectivity index (χ2n) is 3.39. The zero-order valence-corrected chi connectivity index (χ0v) is 12.4. The molecule has 0 aliphatic carbocycles. The number of nitrogen functional groups attached to an aromatic ring is 1. The summed E-state index contributed by atoms with van der Waals surface area (Å²) in [5.41, 5.74) is 6.05. The van der Waals surface area contributed by atoms with Crippen LogP contribution in [0.5, 0.6) is 5.75 Å². The van der Waals surface area contributed by atoms with Gasteiger partial charge >= 0.3 is 5.69 Å². The molecule has 0 aromatic heterocycles. The Morgan fingerprint density at radius 2 is 2.18 bits per heavy atom. The number of nitrogens with two attached hydrogens (primary N) is 1. The van der Waals surface area contributed by atoms with Gasteiger partial charge in [-0.05, 0) is 38.3 Å². The predicted molar refractivity (Wildman–Crippen MR) is 73.3 cm³/mol. The molecule has 1 aromatic carbocycles. The average Bonchev–Trinajstić information content (AvgIpc) is 2.28.